The SMILES string of the molecule is CSCC[C@H](NC(=O)C1CCC(Cn2c(=O)[nH]c3ccccc3c2=O)CC1)C(=O)O. The van der Waals surface area contributed by atoms with E-state index in [1.165, 1.54) is 4.57 Å². The zero-order chi connectivity index (χ0) is 21.7. The number of aromatic nitrogens is 2. The van der Waals surface area contributed by atoms with Gasteiger partial charge in [-0.1, -0.05) is 12.1 Å². The fourth-order valence-corrected chi connectivity index (χ4v) is 4.48. The Morgan fingerprint density at radius 3 is 2.60 bits per heavy atom. The molecule has 0 radical (unpaired) electrons. The maximum Gasteiger partial charge on any atom is 0.328 e. The molecule has 3 rings (SSSR count). The number of carboxylic acid groups (broad SMARTS) is 1. The average molecular weight is 434 g/mol. The minimum absolute atomic E-state index is 0.126. The molecule has 162 valence electrons. The molecule has 3 N–H and O–H groups in total. The lowest BCUT2D eigenvalue weighted by Crippen LogP contribution is -2.45. The van der Waals surface area contributed by atoms with Crippen molar-refractivity contribution in [2.75, 3.05) is 12.0 Å². The molecule has 1 saturated carbocycles. The molecule has 1 aromatic heterocycles. The number of hydrogen-bond donors (Lipinski definition) is 3. The summed E-state index contributed by atoms with van der Waals surface area (Å²) in [7, 11) is 0. The highest BCUT2D eigenvalue weighted by molar-refractivity contribution is 7.98. The first kappa shape index (κ1) is 22.1. The van der Waals surface area contributed by atoms with Gasteiger partial charge < -0.3 is 15.4 Å². The summed E-state index contributed by atoms with van der Waals surface area (Å²) in [6.07, 6.45) is 4.94. The molecule has 1 amide bonds. The normalized spacial score (nSPS) is 20.0. The number of aromatic amines is 1. The summed E-state index contributed by atoms with van der Waals surface area (Å²) in [4.78, 5) is 51.6. The minimum Gasteiger partial charge on any atom is -0.480 e. The lowest BCUT2D eigenvalue weighted by molar-refractivity contribution is -0.142. The molecular formula is C21H27N3O5S. The van der Waals surface area contributed by atoms with Crippen LogP contribution in [0, 0.1) is 11.8 Å². The van der Waals surface area contributed by atoms with Crippen molar-refractivity contribution in [3.63, 3.8) is 0 Å². The molecule has 30 heavy (non-hydrogen) atoms. The number of para-hydroxylation sites is 1. The van der Waals surface area contributed by atoms with E-state index >= 15 is 0 Å². The van der Waals surface area contributed by atoms with E-state index in [2.05, 4.69) is 10.3 Å². The molecule has 1 fully saturated rings. The number of carboxylic acids is 1. The van der Waals surface area contributed by atoms with E-state index in [4.69, 9.17) is 0 Å². The first-order chi connectivity index (χ1) is 14.4. The van der Waals surface area contributed by atoms with Crippen molar-refractivity contribution in [3.05, 3.63) is 45.1 Å². The van der Waals surface area contributed by atoms with Crippen LogP contribution in [0.25, 0.3) is 10.9 Å². The Hall–Kier alpha value is -2.55. The number of thioether (sulfide) groups is 1. The van der Waals surface area contributed by atoms with E-state index in [0.29, 0.717) is 55.3 Å². The van der Waals surface area contributed by atoms with Crippen molar-refractivity contribution in [2.24, 2.45) is 11.8 Å². The number of amides is 1. The van der Waals surface area contributed by atoms with Crippen molar-refractivity contribution in [3.8, 4) is 0 Å². The summed E-state index contributed by atoms with van der Waals surface area (Å²) in [5.74, 6) is -0.674. The van der Waals surface area contributed by atoms with Gasteiger partial charge in [-0.15, -0.1) is 0 Å². The Kier molecular flexibility index (Phi) is 7.36. The predicted octanol–water partition coefficient (Wildman–Crippen LogP) is 1.82. The smallest absolute Gasteiger partial charge is 0.328 e. The molecule has 0 saturated heterocycles. The third-order valence-electron chi connectivity index (χ3n) is 5.77. The Morgan fingerprint density at radius 1 is 1.23 bits per heavy atom. The first-order valence-corrected chi connectivity index (χ1v) is 11.5. The summed E-state index contributed by atoms with van der Waals surface area (Å²) in [5, 5.41) is 12.4. The molecular weight excluding hydrogens is 406 g/mol. The van der Waals surface area contributed by atoms with Gasteiger partial charge in [-0.05, 0) is 62.2 Å². The third kappa shape index (κ3) is 5.13. The van der Waals surface area contributed by atoms with Crippen LogP contribution in [0.3, 0.4) is 0 Å². The minimum atomic E-state index is -1.01. The molecule has 1 aromatic carbocycles. The highest BCUT2D eigenvalue weighted by Crippen LogP contribution is 2.29. The second-order valence-electron chi connectivity index (χ2n) is 7.79. The average Bonchev–Trinajstić information content (AvgIpc) is 2.74. The molecule has 0 aliphatic heterocycles. The predicted molar refractivity (Wildman–Crippen MR) is 117 cm³/mol. The molecule has 1 aliphatic rings. The van der Waals surface area contributed by atoms with Gasteiger partial charge in [-0.2, -0.15) is 11.8 Å². The zero-order valence-electron chi connectivity index (χ0n) is 16.9. The van der Waals surface area contributed by atoms with E-state index in [9.17, 15) is 24.3 Å². The number of carbonyl (C=O) groups excluding carboxylic acids is 1. The first-order valence-electron chi connectivity index (χ1n) is 10.1. The molecule has 0 bridgehead atoms. The molecule has 8 nitrogen and oxygen atoms in total. The van der Waals surface area contributed by atoms with Crippen LogP contribution >= 0.6 is 11.8 Å². The van der Waals surface area contributed by atoms with Crippen molar-refractivity contribution in [2.45, 2.75) is 44.7 Å². The van der Waals surface area contributed by atoms with Gasteiger partial charge >= 0.3 is 11.7 Å². The Balaban J connectivity index is 1.60. The van der Waals surface area contributed by atoms with Gasteiger partial charge in [-0.25, -0.2) is 9.59 Å². The molecule has 2 aromatic rings. The number of carbonyl (C=O) groups is 2. The van der Waals surface area contributed by atoms with Crippen LogP contribution in [0.4, 0.5) is 0 Å². The van der Waals surface area contributed by atoms with Crippen LogP contribution in [0.1, 0.15) is 32.1 Å². The highest BCUT2D eigenvalue weighted by atomic mass is 32.2. The molecule has 9 heteroatoms. The van der Waals surface area contributed by atoms with Crippen LogP contribution in [0.5, 0.6) is 0 Å². The maximum atomic E-state index is 12.7. The van der Waals surface area contributed by atoms with Gasteiger partial charge in [0.15, 0.2) is 0 Å². The Labute approximate surface area is 178 Å². The fourth-order valence-electron chi connectivity index (χ4n) is 4.01. The standard InChI is InChI=1S/C21H27N3O5S/c1-30-11-10-17(20(27)28)22-18(25)14-8-6-13(7-9-14)12-24-19(26)15-4-2-3-5-16(15)23-21(24)29/h2-5,13-14,17H,6-12H2,1H3,(H,22,25)(H,23,29)(H,27,28)/t13?,14?,17-/m0/s1. The van der Waals surface area contributed by atoms with E-state index in [1.807, 2.05) is 6.26 Å². The number of H-pyrrole nitrogens is 1. The van der Waals surface area contributed by atoms with E-state index < -0.39 is 17.7 Å². The summed E-state index contributed by atoms with van der Waals surface area (Å²) in [5.41, 5.74) is -0.192. The lowest BCUT2D eigenvalue weighted by Gasteiger charge is -2.28. The van der Waals surface area contributed by atoms with E-state index in [-0.39, 0.29) is 23.3 Å². The molecule has 0 spiro atoms. The van der Waals surface area contributed by atoms with Gasteiger partial charge in [0.05, 0.1) is 10.9 Å². The second-order valence-corrected chi connectivity index (χ2v) is 8.78. The van der Waals surface area contributed by atoms with Crippen molar-refractivity contribution >= 4 is 34.5 Å². The summed E-state index contributed by atoms with van der Waals surface area (Å²) in [6.45, 7) is 0.318. The molecule has 0 unspecified atom stereocenters. The number of rotatable bonds is 8. The maximum absolute atomic E-state index is 12.7. The quantitative estimate of drug-likeness (QED) is 0.584. The monoisotopic (exact) mass is 433 g/mol. The van der Waals surface area contributed by atoms with Crippen molar-refractivity contribution in [1.29, 1.82) is 0 Å². The van der Waals surface area contributed by atoms with E-state index in [0.717, 1.165) is 0 Å². The largest absolute Gasteiger partial charge is 0.480 e. The summed E-state index contributed by atoms with van der Waals surface area (Å²) >= 11 is 1.54. The van der Waals surface area contributed by atoms with Crippen molar-refractivity contribution in [1.82, 2.24) is 14.9 Å². The van der Waals surface area contributed by atoms with Crippen LogP contribution in [-0.4, -0.2) is 44.6 Å². The number of fused-ring (bicyclic) bond motifs is 1. The topological polar surface area (TPSA) is 121 Å². The van der Waals surface area contributed by atoms with Gasteiger partial charge in [0.2, 0.25) is 5.91 Å². The number of nitrogens with one attached hydrogen (secondary N) is 2. The number of aliphatic carboxylic acids is 1. The molecule has 1 aliphatic carbocycles. The van der Waals surface area contributed by atoms with Gasteiger partial charge in [0.25, 0.3) is 5.56 Å². The second kappa shape index (κ2) is 9.97. The van der Waals surface area contributed by atoms with Gasteiger partial charge in [-0.3, -0.25) is 14.2 Å². The van der Waals surface area contributed by atoms with Crippen LogP contribution in [0.15, 0.2) is 33.9 Å². The highest BCUT2D eigenvalue weighted by Gasteiger charge is 2.29. The lowest BCUT2D eigenvalue weighted by atomic mass is 9.81. The number of nitrogens with zero attached hydrogens (tertiary/aromatic N) is 1. The summed E-state index contributed by atoms with van der Waals surface area (Å²) in [6, 6.07) is 6.07. The zero-order valence-corrected chi connectivity index (χ0v) is 17.7. The number of benzene rings is 1. The van der Waals surface area contributed by atoms with Gasteiger partial charge in [0, 0.05) is 12.5 Å². The molecule has 1 atom stereocenters. The summed E-state index contributed by atoms with van der Waals surface area (Å²) < 4.78 is 1.25. The number of hydrogen-bond acceptors (Lipinski definition) is 5. The van der Waals surface area contributed by atoms with Crippen LogP contribution in [-0.2, 0) is 16.1 Å². The van der Waals surface area contributed by atoms with E-state index in [1.54, 1.807) is 36.0 Å². The van der Waals surface area contributed by atoms with Crippen LogP contribution < -0.4 is 16.6 Å². The Bertz CT molecular complexity index is 1020. The van der Waals surface area contributed by atoms with Crippen LogP contribution in [0.2, 0.25) is 0 Å². The Morgan fingerprint density at radius 2 is 1.93 bits per heavy atom. The van der Waals surface area contributed by atoms with Gasteiger partial charge in [0.1, 0.15) is 6.04 Å². The third-order valence-corrected chi connectivity index (χ3v) is 6.42. The van der Waals surface area contributed by atoms with Crippen molar-refractivity contribution < 1.29 is 14.7 Å². The molecule has 1 heterocycles. The fraction of sp³-hybridized carbons (Fsp3) is 0.524.